The predicted octanol–water partition coefficient (Wildman–Crippen LogP) is 7.76. The van der Waals surface area contributed by atoms with Crippen LogP contribution in [0.5, 0.6) is 0 Å². The van der Waals surface area contributed by atoms with E-state index in [9.17, 15) is 17.6 Å². The molecule has 0 spiro atoms. The topological polar surface area (TPSA) is 0 Å². The van der Waals surface area contributed by atoms with Crippen molar-refractivity contribution in [2.45, 2.75) is 116 Å². The molecule has 0 aromatic heterocycles. The lowest BCUT2D eigenvalue weighted by molar-refractivity contribution is -0.0190. The molecule has 0 nitrogen and oxygen atoms in total. The highest BCUT2D eigenvalue weighted by atomic mass is 19.3. The number of hydrogen-bond donors (Lipinski definition) is 0. The van der Waals surface area contributed by atoms with Crippen molar-refractivity contribution >= 4 is 0 Å². The minimum absolute atomic E-state index is 0.0182. The highest BCUT2D eigenvalue weighted by Gasteiger charge is 2.26. The van der Waals surface area contributed by atoms with E-state index in [-0.39, 0.29) is 19.3 Å². The highest BCUT2D eigenvalue weighted by molar-refractivity contribution is 4.65. The molecule has 0 saturated heterocycles. The van der Waals surface area contributed by atoms with E-state index in [1.54, 1.807) is 6.92 Å². The van der Waals surface area contributed by atoms with Crippen LogP contribution in [-0.4, -0.2) is 12.3 Å². The van der Waals surface area contributed by atoms with E-state index in [1.165, 1.54) is 19.3 Å². The average molecular weight is 326 g/mol. The van der Waals surface area contributed by atoms with E-state index in [1.807, 2.05) is 0 Å². The molecule has 0 N–H and O–H groups in total. The lowest BCUT2D eigenvalue weighted by atomic mass is 10.0. The molecule has 0 heterocycles. The fraction of sp³-hybridized carbons (Fsp3) is 1.00. The Morgan fingerprint density at radius 1 is 0.636 bits per heavy atom. The minimum atomic E-state index is -2.46. The summed E-state index contributed by atoms with van der Waals surface area (Å²) in [6, 6.07) is 0. The fourth-order valence-electron chi connectivity index (χ4n) is 2.76. The van der Waals surface area contributed by atoms with E-state index in [0.717, 1.165) is 38.5 Å². The maximum absolute atomic E-state index is 13.2. The lowest BCUT2D eigenvalue weighted by Gasteiger charge is -2.14. The van der Waals surface area contributed by atoms with Crippen molar-refractivity contribution in [3.8, 4) is 0 Å². The summed E-state index contributed by atoms with van der Waals surface area (Å²) in [5.74, 6) is -2.46. The maximum Gasteiger partial charge on any atom is 0.248 e. The first-order valence-corrected chi connectivity index (χ1v) is 9.14. The summed E-state index contributed by atoms with van der Waals surface area (Å²) in [6.45, 7) is 1.80. The summed E-state index contributed by atoms with van der Waals surface area (Å²) >= 11 is 0. The number of unbranched alkanes of at least 4 members (excludes halogenated alkanes) is 10. The zero-order valence-corrected chi connectivity index (χ0v) is 14.2. The van der Waals surface area contributed by atoms with Crippen LogP contribution in [0.2, 0.25) is 0 Å². The predicted molar refractivity (Wildman–Crippen MR) is 85.9 cm³/mol. The van der Waals surface area contributed by atoms with Crippen LogP contribution in [0.25, 0.3) is 0 Å². The van der Waals surface area contributed by atoms with Crippen LogP contribution in [0.4, 0.5) is 17.6 Å². The van der Waals surface area contributed by atoms with Gasteiger partial charge >= 0.3 is 0 Å². The Morgan fingerprint density at radius 2 is 1.05 bits per heavy atom. The number of hydrogen-bond acceptors (Lipinski definition) is 0. The third-order valence-electron chi connectivity index (χ3n) is 4.08. The highest BCUT2D eigenvalue weighted by Crippen LogP contribution is 2.27. The van der Waals surface area contributed by atoms with Gasteiger partial charge in [-0.2, -0.15) is 0 Å². The van der Waals surface area contributed by atoms with Gasteiger partial charge in [-0.3, -0.25) is 0 Å². The molecular formula is C18H34F4. The summed E-state index contributed by atoms with van der Waals surface area (Å²) in [4.78, 5) is 0. The molecule has 0 amide bonds. The van der Waals surface area contributed by atoms with Crippen molar-refractivity contribution in [2.75, 3.05) is 0 Å². The van der Waals surface area contributed by atoms with Gasteiger partial charge in [-0.15, -0.1) is 0 Å². The Hall–Kier alpha value is -0.280. The quantitative estimate of drug-likeness (QED) is 0.201. The molecule has 0 bridgehead atoms. The summed E-state index contributed by atoms with van der Waals surface area (Å²) in [5, 5.41) is 0. The zero-order chi connectivity index (χ0) is 16.7. The third-order valence-corrected chi connectivity index (χ3v) is 4.08. The SMILES string of the molecule is CCCC(F)(F)CCCCCCCCCCCCCC(F)F. The standard InChI is InChI=1S/C18H34F4/c1-2-15-18(21,22)16-13-11-9-7-5-3-4-6-8-10-12-14-17(19)20/h17H,2-16H2,1H3. The smallest absolute Gasteiger partial charge is 0.211 e. The molecule has 0 aromatic carbocycles. The molecule has 0 rings (SSSR count). The molecule has 4 heteroatoms. The van der Waals surface area contributed by atoms with Gasteiger partial charge in [-0.25, -0.2) is 17.6 Å². The molecule has 0 aliphatic heterocycles. The van der Waals surface area contributed by atoms with Crippen LogP contribution < -0.4 is 0 Å². The molecule has 0 fully saturated rings. The molecule has 0 aliphatic carbocycles. The van der Waals surface area contributed by atoms with E-state index in [0.29, 0.717) is 19.3 Å². The van der Waals surface area contributed by atoms with E-state index < -0.39 is 12.3 Å². The molecule has 22 heavy (non-hydrogen) atoms. The summed E-state index contributed by atoms with van der Waals surface area (Å²) in [6.07, 6.45) is 9.48. The monoisotopic (exact) mass is 326 g/mol. The van der Waals surface area contributed by atoms with Crippen molar-refractivity contribution in [1.29, 1.82) is 0 Å². The van der Waals surface area contributed by atoms with Crippen molar-refractivity contribution in [3.63, 3.8) is 0 Å². The largest absolute Gasteiger partial charge is 0.248 e. The van der Waals surface area contributed by atoms with E-state index in [4.69, 9.17) is 0 Å². The second-order valence-corrected chi connectivity index (χ2v) is 6.42. The zero-order valence-electron chi connectivity index (χ0n) is 14.2. The molecule has 134 valence electrons. The summed E-state index contributed by atoms with van der Waals surface area (Å²) in [7, 11) is 0. The molecule has 0 radical (unpaired) electrons. The molecule has 0 aromatic rings. The van der Waals surface area contributed by atoms with Crippen LogP contribution in [0.1, 0.15) is 103 Å². The van der Waals surface area contributed by atoms with Gasteiger partial charge in [-0.1, -0.05) is 71.1 Å². The second-order valence-electron chi connectivity index (χ2n) is 6.42. The van der Waals surface area contributed by atoms with Gasteiger partial charge < -0.3 is 0 Å². The number of rotatable bonds is 16. The Bertz CT molecular complexity index is 229. The van der Waals surface area contributed by atoms with Gasteiger partial charge in [0.15, 0.2) is 0 Å². The van der Waals surface area contributed by atoms with Gasteiger partial charge in [0.1, 0.15) is 0 Å². The first kappa shape index (κ1) is 21.7. The van der Waals surface area contributed by atoms with Crippen molar-refractivity contribution in [2.24, 2.45) is 0 Å². The van der Waals surface area contributed by atoms with Gasteiger partial charge in [0, 0.05) is 19.3 Å². The Balaban J connectivity index is 3.15. The van der Waals surface area contributed by atoms with Gasteiger partial charge in [-0.05, 0) is 12.8 Å². The lowest BCUT2D eigenvalue weighted by Crippen LogP contribution is -2.14. The Labute approximate surface area is 134 Å². The van der Waals surface area contributed by atoms with Gasteiger partial charge in [0.25, 0.3) is 0 Å². The molecule has 0 unspecified atom stereocenters. The second kappa shape index (κ2) is 14.3. The minimum Gasteiger partial charge on any atom is -0.211 e. The van der Waals surface area contributed by atoms with E-state index >= 15 is 0 Å². The maximum atomic E-state index is 13.2. The molecule has 0 saturated carbocycles. The normalized spacial score (nSPS) is 12.3. The number of halogens is 4. The van der Waals surface area contributed by atoms with Crippen molar-refractivity contribution in [3.05, 3.63) is 0 Å². The fourth-order valence-corrected chi connectivity index (χ4v) is 2.76. The van der Waals surface area contributed by atoms with Crippen molar-refractivity contribution in [1.82, 2.24) is 0 Å². The summed E-state index contributed by atoms with van der Waals surface area (Å²) < 4.78 is 50.3. The molecule has 0 atom stereocenters. The van der Waals surface area contributed by atoms with Gasteiger partial charge in [0.05, 0.1) is 0 Å². The Morgan fingerprint density at radius 3 is 1.45 bits per heavy atom. The van der Waals surface area contributed by atoms with Crippen LogP contribution in [-0.2, 0) is 0 Å². The van der Waals surface area contributed by atoms with Crippen LogP contribution in [0.15, 0.2) is 0 Å². The first-order chi connectivity index (χ1) is 10.5. The van der Waals surface area contributed by atoms with Crippen LogP contribution in [0.3, 0.4) is 0 Å². The molecule has 0 aliphatic rings. The Kier molecular flexibility index (Phi) is 14.1. The van der Waals surface area contributed by atoms with Crippen molar-refractivity contribution < 1.29 is 17.6 Å². The van der Waals surface area contributed by atoms with Crippen LogP contribution >= 0.6 is 0 Å². The average Bonchev–Trinajstić information content (AvgIpc) is 2.43. The molecular weight excluding hydrogens is 292 g/mol. The first-order valence-electron chi connectivity index (χ1n) is 9.14. The number of alkyl halides is 4. The van der Waals surface area contributed by atoms with Crippen LogP contribution in [0, 0.1) is 0 Å². The third kappa shape index (κ3) is 16.1. The summed E-state index contributed by atoms with van der Waals surface area (Å²) in [5.41, 5.74) is 0. The van der Waals surface area contributed by atoms with Gasteiger partial charge in [0.2, 0.25) is 12.3 Å². The van der Waals surface area contributed by atoms with E-state index in [2.05, 4.69) is 0 Å².